The Kier molecular flexibility index (Phi) is 5.70. The van der Waals surface area contributed by atoms with Crippen LogP contribution in [0, 0.1) is 12.8 Å². The molecule has 0 saturated carbocycles. The molecule has 2 aliphatic rings. The Morgan fingerprint density at radius 2 is 1.69 bits per heavy atom. The van der Waals surface area contributed by atoms with Gasteiger partial charge >= 0.3 is 0 Å². The molecule has 2 aromatic rings. The van der Waals surface area contributed by atoms with E-state index in [4.69, 9.17) is 4.74 Å². The smallest absolute Gasteiger partial charge is 0.266 e. The highest BCUT2D eigenvalue weighted by Gasteiger charge is 2.55. The van der Waals surface area contributed by atoms with Crippen molar-refractivity contribution in [3.63, 3.8) is 0 Å². The van der Waals surface area contributed by atoms with Gasteiger partial charge in [-0.3, -0.25) is 18.2 Å². The lowest BCUT2D eigenvalue weighted by atomic mass is 9.86. The van der Waals surface area contributed by atoms with Crippen LogP contribution in [-0.4, -0.2) is 45.4 Å². The largest absolute Gasteiger partial charge is 0.395 e. The van der Waals surface area contributed by atoms with Crippen LogP contribution >= 0.6 is 28.1 Å². The summed E-state index contributed by atoms with van der Waals surface area (Å²) in [6.07, 6.45) is -0.571. The summed E-state index contributed by atoms with van der Waals surface area (Å²) in [7, 11) is 1.52. The van der Waals surface area contributed by atoms with Crippen molar-refractivity contribution in [1.82, 2.24) is 8.61 Å². The van der Waals surface area contributed by atoms with Crippen molar-refractivity contribution in [3.8, 4) is 0 Å². The third kappa shape index (κ3) is 3.48. The van der Waals surface area contributed by atoms with Crippen LogP contribution < -0.4 is 0 Å². The first-order chi connectivity index (χ1) is 14.0. The van der Waals surface area contributed by atoms with Crippen molar-refractivity contribution >= 4 is 39.9 Å². The van der Waals surface area contributed by atoms with Gasteiger partial charge in [-0.25, -0.2) is 0 Å². The molecule has 2 amide bonds. The molecule has 0 bridgehead atoms. The standard InChI is InChI=1S/C21H21BrN2O4S/c1-12-5-3-6-13(9-12)18-19(28-2)21(27)24(18)29-23-17(16(11-25)20(23)26)14-7-4-8-15(22)10-14/h3-10,16-19,25H,11H2,1-2H3/t16-,17+,18+,19-/m1/s1. The van der Waals surface area contributed by atoms with E-state index in [1.807, 2.05) is 55.5 Å². The molecule has 6 nitrogen and oxygen atoms in total. The predicted octanol–water partition coefficient (Wildman–Crippen LogP) is 3.41. The van der Waals surface area contributed by atoms with Crippen LogP contribution in [0.15, 0.2) is 53.0 Å². The van der Waals surface area contributed by atoms with Gasteiger partial charge in [-0.2, -0.15) is 0 Å². The van der Waals surface area contributed by atoms with Crippen LogP contribution in [0.25, 0.3) is 0 Å². The normalized spacial score (nSPS) is 26.3. The van der Waals surface area contributed by atoms with Gasteiger partial charge in [0.2, 0.25) is 5.91 Å². The number of β-lactam (4-membered cyclic amide) rings is 2. The fourth-order valence-electron chi connectivity index (χ4n) is 3.86. The number of amides is 2. The average molecular weight is 477 g/mol. The van der Waals surface area contributed by atoms with E-state index >= 15 is 0 Å². The van der Waals surface area contributed by atoms with Crippen LogP contribution in [0.4, 0.5) is 0 Å². The molecular formula is C21H21BrN2O4S. The van der Waals surface area contributed by atoms with Gasteiger partial charge in [0.15, 0.2) is 6.10 Å². The maximum Gasteiger partial charge on any atom is 0.266 e. The second-order valence-corrected chi connectivity index (χ2v) is 9.08. The Hall–Kier alpha value is -1.87. The van der Waals surface area contributed by atoms with Crippen LogP contribution in [0.5, 0.6) is 0 Å². The van der Waals surface area contributed by atoms with Crippen molar-refractivity contribution < 1.29 is 19.4 Å². The number of halogens is 1. The lowest BCUT2D eigenvalue weighted by molar-refractivity contribution is -0.159. The Morgan fingerprint density at radius 1 is 1.03 bits per heavy atom. The predicted molar refractivity (Wildman–Crippen MR) is 113 cm³/mol. The Bertz CT molecular complexity index is 880. The minimum absolute atomic E-state index is 0.169. The first-order valence-electron chi connectivity index (χ1n) is 9.26. The quantitative estimate of drug-likeness (QED) is 0.510. The maximum absolute atomic E-state index is 12.7. The lowest BCUT2D eigenvalue weighted by Gasteiger charge is -2.52. The Labute approximate surface area is 182 Å². The van der Waals surface area contributed by atoms with E-state index in [1.165, 1.54) is 7.11 Å². The van der Waals surface area contributed by atoms with Gasteiger partial charge < -0.3 is 9.84 Å². The molecule has 2 aromatic carbocycles. The number of hydrogen-bond acceptors (Lipinski definition) is 5. The highest BCUT2D eigenvalue weighted by molar-refractivity contribution is 9.10. The molecule has 2 saturated heterocycles. The first kappa shape index (κ1) is 20.4. The van der Waals surface area contributed by atoms with Gasteiger partial charge in [-0.1, -0.05) is 57.9 Å². The summed E-state index contributed by atoms with van der Waals surface area (Å²) in [6, 6.07) is 15.0. The molecule has 29 heavy (non-hydrogen) atoms. The fourth-order valence-corrected chi connectivity index (χ4v) is 5.57. The summed E-state index contributed by atoms with van der Waals surface area (Å²) in [5, 5.41) is 9.70. The third-order valence-electron chi connectivity index (χ3n) is 5.37. The number of aliphatic hydroxyl groups is 1. The van der Waals surface area contributed by atoms with Crippen LogP contribution in [0.2, 0.25) is 0 Å². The molecule has 2 aliphatic heterocycles. The number of carbonyl (C=O) groups is 2. The van der Waals surface area contributed by atoms with Crippen molar-refractivity contribution in [1.29, 1.82) is 0 Å². The molecule has 0 spiro atoms. The summed E-state index contributed by atoms with van der Waals surface area (Å²) in [5.74, 6) is -0.861. The second-order valence-electron chi connectivity index (χ2n) is 7.21. The summed E-state index contributed by atoms with van der Waals surface area (Å²) >= 11 is 4.56. The number of benzene rings is 2. The van der Waals surface area contributed by atoms with Crippen molar-refractivity contribution in [2.45, 2.75) is 25.1 Å². The molecule has 0 aliphatic carbocycles. The van der Waals surface area contributed by atoms with E-state index in [9.17, 15) is 14.7 Å². The zero-order chi connectivity index (χ0) is 20.7. The van der Waals surface area contributed by atoms with Crippen LogP contribution in [-0.2, 0) is 14.3 Å². The molecule has 8 heteroatoms. The molecule has 4 rings (SSSR count). The number of aliphatic hydroxyl groups excluding tert-OH is 1. The van der Waals surface area contributed by atoms with Gasteiger partial charge in [-0.05, 0) is 30.2 Å². The molecule has 0 radical (unpaired) electrons. The number of aryl methyl sites for hydroxylation is 1. The van der Waals surface area contributed by atoms with Crippen molar-refractivity contribution in [2.75, 3.05) is 13.7 Å². The molecule has 0 aromatic heterocycles. The highest BCUT2D eigenvalue weighted by Crippen LogP contribution is 2.51. The van der Waals surface area contributed by atoms with Crippen LogP contribution in [0.1, 0.15) is 28.8 Å². The van der Waals surface area contributed by atoms with Gasteiger partial charge in [0.05, 0.1) is 30.7 Å². The number of hydrogen-bond donors (Lipinski definition) is 1. The topological polar surface area (TPSA) is 70.1 Å². The number of carbonyl (C=O) groups excluding carboxylic acids is 2. The number of nitrogens with zero attached hydrogens (tertiary/aromatic N) is 2. The van der Waals surface area contributed by atoms with Crippen LogP contribution in [0.3, 0.4) is 0 Å². The van der Waals surface area contributed by atoms with Gasteiger partial charge in [0.25, 0.3) is 5.91 Å². The molecule has 2 fully saturated rings. The minimum Gasteiger partial charge on any atom is -0.395 e. The fraction of sp³-hybridized carbons (Fsp3) is 0.333. The summed E-state index contributed by atoms with van der Waals surface area (Å²) in [5.41, 5.74) is 2.97. The van der Waals surface area contributed by atoms with Gasteiger partial charge in [0.1, 0.15) is 6.04 Å². The Balaban J connectivity index is 1.60. The first-order valence-corrected chi connectivity index (χ1v) is 10.8. The molecule has 4 atom stereocenters. The molecule has 2 heterocycles. The van der Waals surface area contributed by atoms with E-state index in [0.717, 1.165) is 33.3 Å². The van der Waals surface area contributed by atoms with Crippen molar-refractivity contribution in [3.05, 3.63) is 69.7 Å². The van der Waals surface area contributed by atoms with Gasteiger partial charge in [-0.15, -0.1) is 0 Å². The van der Waals surface area contributed by atoms with E-state index in [1.54, 1.807) is 8.61 Å². The zero-order valence-electron chi connectivity index (χ0n) is 16.0. The Morgan fingerprint density at radius 3 is 2.31 bits per heavy atom. The minimum atomic E-state index is -0.571. The second kappa shape index (κ2) is 8.10. The maximum atomic E-state index is 12.7. The summed E-state index contributed by atoms with van der Waals surface area (Å²) < 4.78 is 9.48. The van der Waals surface area contributed by atoms with E-state index in [-0.39, 0.29) is 30.5 Å². The monoisotopic (exact) mass is 476 g/mol. The summed E-state index contributed by atoms with van der Waals surface area (Å²) in [4.78, 5) is 25.3. The third-order valence-corrected chi connectivity index (χ3v) is 7.03. The number of ether oxygens (including phenoxy) is 1. The number of rotatable bonds is 6. The zero-order valence-corrected chi connectivity index (χ0v) is 18.4. The lowest BCUT2D eigenvalue weighted by Crippen LogP contribution is -2.60. The number of methoxy groups -OCH3 is 1. The highest BCUT2D eigenvalue weighted by atomic mass is 79.9. The average Bonchev–Trinajstić information content (AvgIpc) is 2.70. The SMILES string of the molecule is CO[C@H]1C(=O)N(SN2C(=O)[C@H](CO)[C@@H]2c2cccc(Br)c2)[C@H]1c1cccc(C)c1. The van der Waals surface area contributed by atoms with Crippen molar-refractivity contribution in [2.24, 2.45) is 5.92 Å². The molecule has 152 valence electrons. The molecular weight excluding hydrogens is 456 g/mol. The van der Waals surface area contributed by atoms with E-state index in [2.05, 4.69) is 15.9 Å². The van der Waals surface area contributed by atoms with E-state index < -0.39 is 12.0 Å². The van der Waals surface area contributed by atoms with E-state index in [0.29, 0.717) is 0 Å². The molecule has 0 unspecified atom stereocenters. The van der Waals surface area contributed by atoms with Gasteiger partial charge in [0, 0.05) is 11.6 Å². The summed E-state index contributed by atoms with van der Waals surface area (Å²) in [6.45, 7) is 1.76. The molecule has 1 N–H and O–H groups in total.